The Morgan fingerprint density at radius 2 is 0.713 bits per heavy atom. The van der Waals surface area contributed by atoms with Gasteiger partial charge in [-0.15, -0.1) is 0 Å². The van der Waals surface area contributed by atoms with Crippen LogP contribution in [0, 0.1) is 22.7 Å². The molecule has 0 amide bonds. The van der Waals surface area contributed by atoms with E-state index in [0.29, 0.717) is 22.5 Å². The molecule has 0 N–H and O–H groups in total. The van der Waals surface area contributed by atoms with Gasteiger partial charge in [0.2, 0.25) is 0 Å². The van der Waals surface area contributed by atoms with Crippen LogP contribution in [0.4, 0.5) is 0 Å². The van der Waals surface area contributed by atoms with Gasteiger partial charge in [0.1, 0.15) is 34.5 Å². The van der Waals surface area contributed by atoms with Crippen molar-refractivity contribution >= 4 is 87.5 Å². The molecule has 374 valence electrons. The van der Waals surface area contributed by atoms with Gasteiger partial charge in [0.15, 0.2) is 0 Å². The molecule has 80 heavy (non-hydrogen) atoms. The maximum Gasteiger partial charge on any atom is 0.145 e. The maximum absolute atomic E-state index is 11.5. The summed E-state index contributed by atoms with van der Waals surface area (Å²) in [7, 11) is 0. The number of rotatable bonds is 4. The van der Waals surface area contributed by atoms with Crippen LogP contribution < -0.4 is 0 Å². The zero-order valence-electron chi connectivity index (χ0n) is 44.2. The number of nitrogens with zero attached hydrogens (tertiary/aromatic N) is 4. The number of hydrogen-bond donors (Lipinski definition) is 0. The molecule has 0 saturated carbocycles. The van der Waals surface area contributed by atoms with E-state index in [-0.39, 0.29) is 10.8 Å². The van der Waals surface area contributed by atoms with Crippen LogP contribution in [0.3, 0.4) is 0 Å². The van der Waals surface area contributed by atoms with Gasteiger partial charge in [0.25, 0.3) is 0 Å². The number of nitriles is 2. The van der Waals surface area contributed by atoms with Crippen molar-refractivity contribution in [2.45, 2.75) is 38.5 Å². The van der Waals surface area contributed by atoms with Gasteiger partial charge < -0.3 is 18.0 Å². The van der Waals surface area contributed by atoms with Crippen LogP contribution in [-0.4, -0.2) is 9.13 Å². The Labute approximate surface area is 459 Å². The molecule has 0 aliphatic heterocycles. The Hall–Kier alpha value is -10.4. The molecule has 4 aromatic heterocycles. The average molecular weight is 1020 g/mol. The highest BCUT2D eigenvalue weighted by atomic mass is 16.3. The third-order valence-electron chi connectivity index (χ3n) is 18.2. The Balaban J connectivity index is 0.885. The van der Waals surface area contributed by atoms with E-state index in [2.05, 4.69) is 207 Å². The van der Waals surface area contributed by atoms with Crippen molar-refractivity contribution in [3.63, 3.8) is 0 Å². The van der Waals surface area contributed by atoms with E-state index < -0.39 is 0 Å². The predicted molar refractivity (Wildman–Crippen MR) is 325 cm³/mol. The summed E-state index contributed by atoms with van der Waals surface area (Å²) < 4.78 is 18.0. The molecule has 0 saturated heterocycles. The zero-order chi connectivity index (χ0) is 53.5. The van der Waals surface area contributed by atoms with Gasteiger partial charge in [0.05, 0.1) is 55.3 Å². The zero-order valence-corrected chi connectivity index (χ0v) is 44.2. The number of benzene rings is 11. The molecule has 17 rings (SSSR count). The van der Waals surface area contributed by atoms with Crippen molar-refractivity contribution in [1.82, 2.24) is 9.13 Å². The SMILES string of the molecule is CC1(C)c2ccccc2-c2ccc(-c3ccc4c(c3)c3c5oc6ccccc6c5ccc3n4-c3cc(C#N)c(-n4c5ccc(-c6ccc7c(c6)C(C)(C)c6ccccc6-7)cc5c5c6oc7ccccc7c6ccc54)cc3C#N)cc21. The Kier molecular flexibility index (Phi) is 8.74. The first kappa shape index (κ1) is 44.7. The van der Waals surface area contributed by atoms with Gasteiger partial charge in [-0.25, -0.2) is 0 Å². The van der Waals surface area contributed by atoms with Crippen LogP contribution in [-0.2, 0) is 10.8 Å². The van der Waals surface area contributed by atoms with Crippen LogP contribution >= 0.6 is 0 Å². The standard InChI is InChI=1S/C74H46N4O2/c1-73(2)57-17-9-5-13-47(57)49-25-21-43(35-59(49)73)41-23-29-61-55(33-41)69-63(31-27-53-51-15-7-11-19-67(51)79-71(53)69)77(61)65-37-46(40-76)66(38-45(65)39-75)78-62-30-24-42(44-22-26-50-48-14-6-10-18-58(48)74(3,4)60(50)36-44)34-56(62)70-64(78)32-28-54-52-16-8-12-20-68(52)80-72(54)70/h5-38H,1-4H3. The highest BCUT2D eigenvalue weighted by molar-refractivity contribution is 6.26. The summed E-state index contributed by atoms with van der Waals surface area (Å²) in [6.07, 6.45) is 0. The molecular formula is C74H46N4O2. The summed E-state index contributed by atoms with van der Waals surface area (Å²) in [5.74, 6) is 0. The molecule has 0 spiro atoms. The maximum atomic E-state index is 11.5. The van der Waals surface area contributed by atoms with Gasteiger partial charge in [-0.2, -0.15) is 10.5 Å². The minimum absolute atomic E-state index is 0.156. The first-order chi connectivity index (χ1) is 39.1. The van der Waals surface area contributed by atoms with Crippen molar-refractivity contribution in [2.24, 2.45) is 0 Å². The molecular weight excluding hydrogens is 977 g/mol. The fourth-order valence-corrected chi connectivity index (χ4v) is 14.3. The fourth-order valence-electron chi connectivity index (χ4n) is 14.3. The molecule has 15 aromatic rings. The third kappa shape index (κ3) is 5.79. The third-order valence-corrected chi connectivity index (χ3v) is 18.2. The van der Waals surface area contributed by atoms with E-state index >= 15 is 0 Å². The first-order valence-corrected chi connectivity index (χ1v) is 27.3. The van der Waals surface area contributed by atoms with Crippen LogP contribution in [0.5, 0.6) is 0 Å². The Morgan fingerprint density at radius 1 is 0.338 bits per heavy atom. The molecule has 2 aliphatic rings. The molecule has 11 aromatic carbocycles. The number of furan rings is 2. The van der Waals surface area contributed by atoms with Crippen molar-refractivity contribution in [2.75, 3.05) is 0 Å². The highest BCUT2D eigenvalue weighted by Crippen LogP contribution is 2.52. The molecule has 0 bridgehead atoms. The molecule has 0 fully saturated rings. The molecule has 0 unspecified atom stereocenters. The summed E-state index contributed by atoms with van der Waals surface area (Å²) in [4.78, 5) is 0. The molecule has 2 aliphatic carbocycles. The normalized spacial score (nSPS) is 13.9. The van der Waals surface area contributed by atoms with Gasteiger partial charge in [-0.05, 0) is 152 Å². The van der Waals surface area contributed by atoms with E-state index in [1.54, 1.807) is 0 Å². The lowest BCUT2D eigenvalue weighted by atomic mass is 9.81. The van der Waals surface area contributed by atoms with E-state index in [9.17, 15) is 10.5 Å². The molecule has 6 heteroatoms. The smallest absolute Gasteiger partial charge is 0.145 e. The largest absolute Gasteiger partial charge is 0.455 e. The molecule has 6 nitrogen and oxygen atoms in total. The molecule has 4 heterocycles. The summed E-state index contributed by atoms with van der Waals surface area (Å²) >= 11 is 0. The number of para-hydroxylation sites is 2. The van der Waals surface area contributed by atoms with Gasteiger partial charge >= 0.3 is 0 Å². The van der Waals surface area contributed by atoms with E-state index in [1.165, 1.54) is 44.5 Å². The monoisotopic (exact) mass is 1020 g/mol. The van der Waals surface area contributed by atoms with E-state index in [0.717, 1.165) is 110 Å². The number of hydrogen-bond acceptors (Lipinski definition) is 4. The second-order valence-corrected chi connectivity index (χ2v) is 23.0. The van der Waals surface area contributed by atoms with Gasteiger partial charge in [-0.3, -0.25) is 0 Å². The van der Waals surface area contributed by atoms with Gasteiger partial charge in [-0.1, -0.05) is 149 Å². The fraction of sp³-hybridized carbons (Fsp3) is 0.0811. The van der Waals surface area contributed by atoms with Gasteiger partial charge in [0, 0.05) is 43.1 Å². The lowest BCUT2D eigenvalue weighted by Crippen LogP contribution is -2.14. The lowest BCUT2D eigenvalue weighted by Gasteiger charge is -2.22. The number of aromatic nitrogens is 2. The Bertz CT molecular complexity index is 5070. The topological polar surface area (TPSA) is 83.7 Å². The van der Waals surface area contributed by atoms with Crippen molar-refractivity contribution < 1.29 is 8.83 Å². The van der Waals surface area contributed by atoms with Crippen LogP contribution in [0.15, 0.2) is 215 Å². The summed E-state index contributed by atoms with van der Waals surface area (Å²) in [5, 5.41) is 30.9. The second kappa shape index (κ2) is 15.6. The predicted octanol–water partition coefficient (Wildman–Crippen LogP) is 19.4. The van der Waals surface area contributed by atoms with E-state index in [1.807, 2.05) is 48.5 Å². The quantitative estimate of drug-likeness (QED) is 0.176. The minimum Gasteiger partial charge on any atom is -0.455 e. The minimum atomic E-state index is -0.156. The first-order valence-electron chi connectivity index (χ1n) is 27.3. The van der Waals surface area contributed by atoms with Crippen LogP contribution in [0.25, 0.3) is 143 Å². The van der Waals surface area contributed by atoms with Crippen molar-refractivity contribution in [3.8, 4) is 68.0 Å². The summed E-state index contributed by atoms with van der Waals surface area (Å²) in [6, 6.07) is 78.4. The summed E-state index contributed by atoms with van der Waals surface area (Å²) in [5.41, 5.74) is 23.3. The van der Waals surface area contributed by atoms with Crippen molar-refractivity contribution in [3.05, 3.63) is 240 Å². The average Bonchev–Trinajstić information content (AvgIpc) is 4.44. The lowest BCUT2D eigenvalue weighted by molar-refractivity contribution is 0.660. The molecule has 0 atom stereocenters. The highest BCUT2D eigenvalue weighted by Gasteiger charge is 2.37. The molecule has 0 radical (unpaired) electrons. The number of fused-ring (bicyclic) bond motifs is 20. The van der Waals surface area contributed by atoms with Crippen LogP contribution in [0.2, 0.25) is 0 Å². The van der Waals surface area contributed by atoms with Crippen LogP contribution in [0.1, 0.15) is 61.1 Å². The second-order valence-electron chi connectivity index (χ2n) is 23.0. The van der Waals surface area contributed by atoms with E-state index in [4.69, 9.17) is 8.83 Å². The Morgan fingerprint density at radius 3 is 1.16 bits per heavy atom. The van der Waals surface area contributed by atoms with Crippen molar-refractivity contribution in [1.29, 1.82) is 10.5 Å². The summed E-state index contributed by atoms with van der Waals surface area (Å²) in [6.45, 7) is 9.26.